The van der Waals surface area contributed by atoms with Gasteiger partial charge in [-0.15, -0.1) is 0 Å². The molecule has 118 valence electrons. The highest BCUT2D eigenvalue weighted by Gasteiger charge is 2.19. The lowest BCUT2D eigenvalue weighted by atomic mass is 10.1. The Morgan fingerprint density at radius 3 is 2.76 bits per heavy atom. The van der Waals surface area contributed by atoms with Crippen LogP contribution in [0.5, 0.6) is 5.75 Å². The summed E-state index contributed by atoms with van der Waals surface area (Å²) < 4.78 is 11.3. The second-order valence-corrected chi connectivity index (χ2v) is 5.52. The maximum absolute atomic E-state index is 5.82. The SMILES string of the molecule is CCOc1ccc(C(C)NCC2CN(CC)CCO2)cc1. The summed E-state index contributed by atoms with van der Waals surface area (Å²) in [6, 6.07) is 8.65. The summed E-state index contributed by atoms with van der Waals surface area (Å²) >= 11 is 0. The van der Waals surface area contributed by atoms with Crippen molar-refractivity contribution in [1.29, 1.82) is 0 Å². The Labute approximate surface area is 128 Å². The quantitative estimate of drug-likeness (QED) is 0.837. The molecule has 1 N–H and O–H groups in total. The van der Waals surface area contributed by atoms with Crippen molar-refractivity contribution >= 4 is 0 Å². The first-order valence-corrected chi connectivity index (χ1v) is 8.03. The van der Waals surface area contributed by atoms with E-state index in [0.717, 1.165) is 38.5 Å². The fraction of sp³-hybridized carbons (Fsp3) is 0.647. The van der Waals surface area contributed by atoms with E-state index in [4.69, 9.17) is 9.47 Å². The van der Waals surface area contributed by atoms with Crippen LogP contribution in [0.1, 0.15) is 32.4 Å². The number of nitrogens with zero attached hydrogens (tertiary/aromatic N) is 1. The number of hydrogen-bond acceptors (Lipinski definition) is 4. The van der Waals surface area contributed by atoms with E-state index in [0.29, 0.717) is 18.8 Å². The standard InChI is InChI=1S/C17H28N2O2/c1-4-19-10-11-21-17(13-19)12-18-14(3)15-6-8-16(9-7-15)20-5-2/h6-9,14,17-18H,4-5,10-13H2,1-3H3. The molecule has 1 saturated heterocycles. The lowest BCUT2D eigenvalue weighted by Gasteiger charge is -2.32. The average molecular weight is 292 g/mol. The number of morpholine rings is 1. The fourth-order valence-corrected chi connectivity index (χ4v) is 2.64. The number of ether oxygens (including phenoxy) is 2. The van der Waals surface area contributed by atoms with Crippen LogP contribution in [0.15, 0.2) is 24.3 Å². The molecule has 0 spiro atoms. The van der Waals surface area contributed by atoms with Crippen molar-refractivity contribution in [3.8, 4) is 5.75 Å². The largest absolute Gasteiger partial charge is 0.494 e. The molecule has 4 heteroatoms. The minimum absolute atomic E-state index is 0.295. The molecule has 0 bridgehead atoms. The highest BCUT2D eigenvalue weighted by Crippen LogP contribution is 2.18. The first kappa shape index (κ1) is 16.3. The minimum atomic E-state index is 0.295. The Bertz CT molecular complexity index is 408. The van der Waals surface area contributed by atoms with E-state index in [1.165, 1.54) is 5.56 Å². The molecule has 21 heavy (non-hydrogen) atoms. The van der Waals surface area contributed by atoms with Gasteiger partial charge >= 0.3 is 0 Å². The van der Waals surface area contributed by atoms with Gasteiger partial charge in [-0.3, -0.25) is 4.90 Å². The van der Waals surface area contributed by atoms with Crippen LogP contribution >= 0.6 is 0 Å². The van der Waals surface area contributed by atoms with Crippen LogP contribution < -0.4 is 10.1 Å². The summed E-state index contributed by atoms with van der Waals surface area (Å²) in [7, 11) is 0. The Morgan fingerprint density at radius 1 is 1.33 bits per heavy atom. The summed E-state index contributed by atoms with van der Waals surface area (Å²) in [4.78, 5) is 2.44. The van der Waals surface area contributed by atoms with Gasteiger partial charge in [0.2, 0.25) is 0 Å². The molecule has 1 heterocycles. The van der Waals surface area contributed by atoms with Crippen molar-refractivity contribution in [2.24, 2.45) is 0 Å². The van der Waals surface area contributed by atoms with E-state index >= 15 is 0 Å². The molecule has 0 aliphatic carbocycles. The first-order valence-electron chi connectivity index (χ1n) is 8.03. The number of rotatable bonds is 7. The lowest BCUT2D eigenvalue weighted by molar-refractivity contribution is -0.0262. The van der Waals surface area contributed by atoms with Gasteiger partial charge in [-0.25, -0.2) is 0 Å². The molecule has 0 radical (unpaired) electrons. The van der Waals surface area contributed by atoms with Crippen molar-refractivity contribution in [2.75, 3.05) is 39.4 Å². The van der Waals surface area contributed by atoms with Crippen molar-refractivity contribution in [3.63, 3.8) is 0 Å². The topological polar surface area (TPSA) is 33.7 Å². The van der Waals surface area contributed by atoms with Gasteiger partial charge in [0.1, 0.15) is 5.75 Å². The van der Waals surface area contributed by atoms with Gasteiger partial charge in [-0.1, -0.05) is 19.1 Å². The number of nitrogens with one attached hydrogen (secondary N) is 1. The van der Waals surface area contributed by atoms with E-state index in [1.807, 2.05) is 19.1 Å². The molecular weight excluding hydrogens is 264 g/mol. The van der Waals surface area contributed by atoms with E-state index in [1.54, 1.807) is 0 Å². The first-order chi connectivity index (χ1) is 10.2. The van der Waals surface area contributed by atoms with Crippen LogP contribution in [0, 0.1) is 0 Å². The molecule has 2 rings (SSSR count). The van der Waals surface area contributed by atoms with Crippen LogP contribution in [0.25, 0.3) is 0 Å². The molecule has 1 aromatic rings. The fourth-order valence-electron chi connectivity index (χ4n) is 2.64. The average Bonchev–Trinajstić information content (AvgIpc) is 2.54. The van der Waals surface area contributed by atoms with Crippen molar-refractivity contribution in [2.45, 2.75) is 32.9 Å². The summed E-state index contributed by atoms with van der Waals surface area (Å²) in [5, 5.41) is 3.57. The minimum Gasteiger partial charge on any atom is -0.494 e. The number of likely N-dealkylation sites (N-methyl/N-ethyl adjacent to an activating group) is 1. The van der Waals surface area contributed by atoms with Gasteiger partial charge in [0.05, 0.1) is 19.3 Å². The Hall–Kier alpha value is -1.10. The van der Waals surface area contributed by atoms with Gasteiger partial charge in [0.15, 0.2) is 0 Å². The highest BCUT2D eigenvalue weighted by atomic mass is 16.5. The van der Waals surface area contributed by atoms with Crippen LogP contribution in [0.2, 0.25) is 0 Å². The predicted molar refractivity (Wildman–Crippen MR) is 85.9 cm³/mol. The van der Waals surface area contributed by atoms with E-state index < -0.39 is 0 Å². The predicted octanol–water partition coefficient (Wildman–Crippen LogP) is 2.46. The van der Waals surface area contributed by atoms with Gasteiger partial charge < -0.3 is 14.8 Å². The molecule has 1 aliphatic rings. The smallest absolute Gasteiger partial charge is 0.119 e. The van der Waals surface area contributed by atoms with Gasteiger partial charge in [-0.2, -0.15) is 0 Å². The van der Waals surface area contributed by atoms with Crippen LogP contribution in [-0.2, 0) is 4.74 Å². The zero-order valence-corrected chi connectivity index (χ0v) is 13.5. The van der Waals surface area contributed by atoms with Gasteiger partial charge in [0.25, 0.3) is 0 Å². The van der Waals surface area contributed by atoms with Crippen molar-refractivity contribution in [3.05, 3.63) is 29.8 Å². The zero-order chi connectivity index (χ0) is 15.1. The maximum atomic E-state index is 5.82. The van der Waals surface area contributed by atoms with Crippen LogP contribution in [-0.4, -0.2) is 50.4 Å². The van der Waals surface area contributed by atoms with Crippen LogP contribution in [0.4, 0.5) is 0 Å². The van der Waals surface area contributed by atoms with E-state index in [9.17, 15) is 0 Å². The number of hydrogen-bond donors (Lipinski definition) is 1. The molecule has 0 saturated carbocycles. The molecule has 1 fully saturated rings. The van der Waals surface area contributed by atoms with E-state index in [-0.39, 0.29) is 0 Å². The Kier molecular flexibility index (Phi) is 6.49. The van der Waals surface area contributed by atoms with Gasteiger partial charge in [-0.05, 0) is 38.1 Å². The molecule has 2 unspecified atom stereocenters. The van der Waals surface area contributed by atoms with E-state index in [2.05, 4.69) is 36.2 Å². The second-order valence-electron chi connectivity index (χ2n) is 5.52. The monoisotopic (exact) mass is 292 g/mol. The molecule has 0 amide bonds. The molecular formula is C17H28N2O2. The maximum Gasteiger partial charge on any atom is 0.119 e. The third-order valence-electron chi connectivity index (χ3n) is 4.01. The van der Waals surface area contributed by atoms with Crippen molar-refractivity contribution in [1.82, 2.24) is 10.2 Å². The van der Waals surface area contributed by atoms with Crippen molar-refractivity contribution < 1.29 is 9.47 Å². The normalized spacial score (nSPS) is 21.2. The summed E-state index contributed by atoms with van der Waals surface area (Å²) in [6.07, 6.45) is 0.295. The molecule has 0 aromatic heterocycles. The Balaban J connectivity index is 1.79. The summed E-state index contributed by atoms with van der Waals surface area (Å²) in [5.74, 6) is 0.933. The molecule has 2 atom stereocenters. The van der Waals surface area contributed by atoms with Crippen LogP contribution in [0.3, 0.4) is 0 Å². The highest BCUT2D eigenvalue weighted by molar-refractivity contribution is 5.28. The zero-order valence-electron chi connectivity index (χ0n) is 13.5. The Morgan fingerprint density at radius 2 is 2.10 bits per heavy atom. The third kappa shape index (κ3) is 4.99. The number of benzene rings is 1. The summed E-state index contributed by atoms with van der Waals surface area (Å²) in [5.41, 5.74) is 1.28. The lowest BCUT2D eigenvalue weighted by Crippen LogP contribution is -2.46. The third-order valence-corrected chi connectivity index (χ3v) is 4.01. The van der Waals surface area contributed by atoms with Gasteiger partial charge in [0, 0.05) is 25.7 Å². The molecule has 4 nitrogen and oxygen atoms in total. The molecule has 1 aliphatic heterocycles. The second kappa shape index (κ2) is 8.37. The molecule has 1 aromatic carbocycles. The summed E-state index contributed by atoms with van der Waals surface area (Å²) in [6.45, 7) is 12.0.